The third-order valence-corrected chi connectivity index (χ3v) is 4.35. The summed E-state index contributed by atoms with van der Waals surface area (Å²) in [6.45, 7) is 0.450. The highest BCUT2D eigenvalue weighted by Crippen LogP contribution is 2.28. The zero-order chi connectivity index (χ0) is 21.2. The monoisotopic (exact) mass is 404 g/mol. The van der Waals surface area contributed by atoms with Crippen LogP contribution in [0, 0.1) is 0 Å². The van der Waals surface area contributed by atoms with Gasteiger partial charge in [-0.3, -0.25) is 4.79 Å². The van der Waals surface area contributed by atoms with E-state index in [1.54, 1.807) is 26.5 Å². The van der Waals surface area contributed by atoms with E-state index in [0.29, 0.717) is 18.1 Å². The lowest BCUT2D eigenvalue weighted by molar-refractivity contribution is -0.120. The molecule has 30 heavy (non-hydrogen) atoms. The number of carbonyl (C=O) groups is 1. The molecule has 3 aromatic rings. The fourth-order valence-electron chi connectivity index (χ4n) is 2.77. The van der Waals surface area contributed by atoms with Crippen molar-refractivity contribution >= 4 is 12.1 Å². The quantitative estimate of drug-likeness (QED) is 0.433. The number of rotatable bonds is 9. The summed E-state index contributed by atoms with van der Waals surface area (Å²) in [5.41, 5.74) is 5.27. The average molecular weight is 404 g/mol. The first kappa shape index (κ1) is 20.9. The molecular formula is C24H24N2O4. The molecule has 0 bridgehead atoms. The number of hydrogen-bond donors (Lipinski definition) is 1. The number of ether oxygens (including phenoxy) is 3. The highest BCUT2D eigenvalue weighted by molar-refractivity contribution is 5.84. The summed E-state index contributed by atoms with van der Waals surface area (Å²) in [4.78, 5) is 12.1. The highest BCUT2D eigenvalue weighted by Gasteiger charge is 2.06. The van der Waals surface area contributed by atoms with Crippen LogP contribution in [0.5, 0.6) is 17.2 Å². The maximum absolute atomic E-state index is 12.1. The molecular weight excluding hydrogens is 380 g/mol. The number of hydrazone groups is 1. The number of nitrogens with zero attached hydrogens (tertiary/aromatic N) is 1. The van der Waals surface area contributed by atoms with Gasteiger partial charge in [0.15, 0.2) is 11.5 Å². The third kappa shape index (κ3) is 6.10. The molecule has 154 valence electrons. The molecule has 0 fully saturated rings. The number of amides is 1. The first-order chi connectivity index (χ1) is 14.7. The fraction of sp³-hybridized carbons (Fsp3) is 0.167. The van der Waals surface area contributed by atoms with Crippen LogP contribution < -0.4 is 19.6 Å². The van der Waals surface area contributed by atoms with Crippen molar-refractivity contribution in [2.24, 2.45) is 5.10 Å². The van der Waals surface area contributed by atoms with Crippen molar-refractivity contribution < 1.29 is 19.0 Å². The zero-order valence-corrected chi connectivity index (χ0v) is 17.0. The summed E-state index contributed by atoms with van der Waals surface area (Å²) in [7, 11) is 3.19. The van der Waals surface area contributed by atoms with Gasteiger partial charge in [0.05, 0.1) is 26.9 Å². The van der Waals surface area contributed by atoms with Gasteiger partial charge in [-0.1, -0.05) is 42.5 Å². The van der Waals surface area contributed by atoms with Gasteiger partial charge in [0.25, 0.3) is 0 Å². The lowest BCUT2D eigenvalue weighted by Gasteiger charge is -2.11. The minimum Gasteiger partial charge on any atom is -0.497 e. The Balaban J connectivity index is 1.54. The Bertz CT molecular complexity index is 986. The molecule has 0 radical (unpaired) electrons. The van der Waals surface area contributed by atoms with Gasteiger partial charge in [0, 0.05) is 0 Å². The van der Waals surface area contributed by atoms with Crippen LogP contribution >= 0.6 is 0 Å². The molecule has 6 heteroatoms. The summed E-state index contributed by atoms with van der Waals surface area (Å²) < 4.78 is 16.4. The Morgan fingerprint density at radius 2 is 1.67 bits per heavy atom. The lowest BCUT2D eigenvalue weighted by atomic mass is 10.1. The first-order valence-corrected chi connectivity index (χ1v) is 9.47. The Labute approximate surface area is 176 Å². The fourth-order valence-corrected chi connectivity index (χ4v) is 2.77. The minimum absolute atomic E-state index is 0.203. The lowest BCUT2D eigenvalue weighted by Crippen LogP contribution is -2.19. The van der Waals surface area contributed by atoms with Crippen LogP contribution in [0.2, 0.25) is 0 Å². The number of hydrogen-bond acceptors (Lipinski definition) is 5. The molecule has 1 amide bonds. The van der Waals surface area contributed by atoms with Gasteiger partial charge in [0.1, 0.15) is 12.4 Å². The number of benzene rings is 3. The van der Waals surface area contributed by atoms with Crippen molar-refractivity contribution in [1.82, 2.24) is 5.43 Å². The highest BCUT2D eigenvalue weighted by atomic mass is 16.5. The van der Waals surface area contributed by atoms with E-state index in [9.17, 15) is 4.79 Å². The largest absolute Gasteiger partial charge is 0.497 e. The Kier molecular flexibility index (Phi) is 7.44. The van der Waals surface area contributed by atoms with E-state index in [0.717, 1.165) is 22.4 Å². The molecule has 0 aliphatic heterocycles. The molecule has 3 aromatic carbocycles. The second-order valence-electron chi connectivity index (χ2n) is 6.50. The molecule has 1 N–H and O–H groups in total. The van der Waals surface area contributed by atoms with Crippen molar-refractivity contribution in [3.63, 3.8) is 0 Å². The summed E-state index contributed by atoms with van der Waals surface area (Å²) in [6.07, 6.45) is 1.80. The second-order valence-corrected chi connectivity index (χ2v) is 6.50. The molecule has 3 rings (SSSR count). The number of nitrogens with one attached hydrogen (secondary N) is 1. The van der Waals surface area contributed by atoms with Crippen LogP contribution in [-0.2, 0) is 17.8 Å². The minimum atomic E-state index is -0.203. The van der Waals surface area contributed by atoms with Gasteiger partial charge in [-0.2, -0.15) is 5.10 Å². The normalized spacial score (nSPS) is 10.6. The van der Waals surface area contributed by atoms with Crippen molar-refractivity contribution in [1.29, 1.82) is 0 Å². The van der Waals surface area contributed by atoms with E-state index >= 15 is 0 Å². The van der Waals surface area contributed by atoms with E-state index in [4.69, 9.17) is 14.2 Å². The van der Waals surface area contributed by atoms with Crippen LogP contribution in [0.15, 0.2) is 77.9 Å². The molecule has 0 saturated heterocycles. The second kappa shape index (κ2) is 10.7. The Hall–Kier alpha value is -3.80. The molecule has 0 spiro atoms. The maximum atomic E-state index is 12.1. The van der Waals surface area contributed by atoms with E-state index in [1.807, 2.05) is 66.7 Å². The van der Waals surface area contributed by atoms with Crippen molar-refractivity contribution in [3.05, 3.63) is 89.5 Å². The molecule has 0 aliphatic rings. The molecule has 6 nitrogen and oxygen atoms in total. The topological polar surface area (TPSA) is 69.2 Å². The third-order valence-electron chi connectivity index (χ3n) is 4.35. The molecule has 0 aromatic heterocycles. The van der Waals surface area contributed by atoms with Gasteiger partial charge in [0.2, 0.25) is 5.91 Å². The SMILES string of the molecule is COc1ccc(CC(=O)NN=Cc2ccc(OCc3ccccc3)c(OC)c2)cc1. The van der Waals surface area contributed by atoms with Gasteiger partial charge in [-0.15, -0.1) is 0 Å². The van der Waals surface area contributed by atoms with Crippen molar-refractivity contribution in [2.75, 3.05) is 14.2 Å². The van der Waals surface area contributed by atoms with Crippen LogP contribution in [0.25, 0.3) is 0 Å². The van der Waals surface area contributed by atoms with Gasteiger partial charge in [-0.05, 0) is 47.0 Å². The van der Waals surface area contributed by atoms with Crippen LogP contribution in [0.4, 0.5) is 0 Å². The summed E-state index contributed by atoms with van der Waals surface area (Å²) in [6, 6.07) is 22.7. The predicted octanol–water partition coefficient (Wildman–Crippen LogP) is 3.98. The summed E-state index contributed by atoms with van der Waals surface area (Å²) in [5.74, 6) is 1.79. The zero-order valence-electron chi connectivity index (χ0n) is 17.0. The molecule has 0 atom stereocenters. The molecule has 0 saturated carbocycles. The first-order valence-electron chi connectivity index (χ1n) is 9.47. The molecule has 0 aliphatic carbocycles. The summed E-state index contributed by atoms with van der Waals surface area (Å²) >= 11 is 0. The van der Waals surface area contributed by atoms with E-state index < -0.39 is 0 Å². The Morgan fingerprint density at radius 1 is 0.900 bits per heavy atom. The van der Waals surface area contributed by atoms with Crippen molar-refractivity contribution in [3.8, 4) is 17.2 Å². The van der Waals surface area contributed by atoms with Gasteiger partial charge < -0.3 is 14.2 Å². The van der Waals surface area contributed by atoms with E-state index in [2.05, 4.69) is 10.5 Å². The standard InChI is InChI=1S/C24H24N2O4/c1-28-21-11-8-18(9-12-21)15-24(27)26-25-16-20-10-13-22(23(14-20)29-2)30-17-19-6-4-3-5-7-19/h3-14,16H,15,17H2,1-2H3,(H,26,27). The van der Waals surface area contributed by atoms with E-state index in [-0.39, 0.29) is 12.3 Å². The molecule has 0 unspecified atom stereocenters. The van der Waals surface area contributed by atoms with Crippen LogP contribution in [0.1, 0.15) is 16.7 Å². The molecule has 0 heterocycles. The van der Waals surface area contributed by atoms with Gasteiger partial charge >= 0.3 is 0 Å². The Morgan fingerprint density at radius 3 is 2.37 bits per heavy atom. The smallest absolute Gasteiger partial charge is 0.244 e. The predicted molar refractivity (Wildman–Crippen MR) is 116 cm³/mol. The van der Waals surface area contributed by atoms with Gasteiger partial charge in [-0.25, -0.2) is 5.43 Å². The average Bonchev–Trinajstić information content (AvgIpc) is 2.79. The number of carbonyl (C=O) groups excluding carboxylic acids is 1. The number of methoxy groups -OCH3 is 2. The van der Waals surface area contributed by atoms with Crippen molar-refractivity contribution in [2.45, 2.75) is 13.0 Å². The van der Waals surface area contributed by atoms with Crippen LogP contribution in [-0.4, -0.2) is 26.3 Å². The summed E-state index contributed by atoms with van der Waals surface area (Å²) in [5, 5.41) is 4.02. The van der Waals surface area contributed by atoms with Crippen LogP contribution in [0.3, 0.4) is 0 Å². The van der Waals surface area contributed by atoms with E-state index in [1.165, 1.54) is 0 Å². The maximum Gasteiger partial charge on any atom is 0.244 e.